The number of hydrogen-bond acceptors (Lipinski definition) is 5. The van der Waals surface area contributed by atoms with E-state index in [1.54, 1.807) is 12.1 Å². The SMILES string of the molecule is COC(=O)[C@@H]1C(=O)CC(=O)C[C@@H]1c1ccco1. The van der Waals surface area contributed by atoms with Gasteiger partial charge < -0.3 is 9.15 Å². The normalized spacial score (nSPS) is 24.8. The predicted molar refractivity (Wildman–Crippen MR) is 56.2 cm³/mol. The number of furan rings is 1. The molecule has 0 N–H and O–H groups in total. The van der Waals surface area contributed by atoms with Gasteiger partial charge in [-0.05, 0) is 12.1 Å². The van der Waals surface area contributed by atoms with Crippen molar-refractivity contribution in [3.63, 3.8) is 0 Å². The summed E-state index contributed by atoms with van der Waals surface area (Å²) in [6.07, 6.45) is 1.39. The van der Waals surface area contributed by atoms with Gasteiger partial charge in [0, 0.05) is 12.3 Å². The summed E-state index contributed by atoms with van der Waals surface area (Å²) in [6.45, 7) is 0. The molecule has 0 saturated heterocycles. The van der Waals surface area contributed by atoms with Crippen LogP contribution in [-0.2, 0) is 19.1 Å². The third kappa shape index (κ3) is 2.13. The van der Waals surface area contributed by atoms with Crippen molar-refractivity contribution in [1.82, 2.24) is 0 Å². The fourth-order valence-electron chi connectivity index (χ4n) is 2.15. The van der Waals surface area contributed by atoms with Crippen LogP contribution in [0.1, 0.15) is 24.5 Å². The average Bonchev–Trinajstić information content (AvgIpc) is 2.80. The quantitative estimate of drug-likeness (QED) is 0.567. The highest BCUT2D eigenvalue weighted by Crippen LogP contribution is 2.35. The second-order valence-electron chi connectivity index (χ2n) is 4.01. The van der Waals surface area contributed by atoms with E-state index in [0.29, 0.717) is 5.76 Å². The second kappa shape index (κ2) is 4.53. The first-order valence-corrected chi connectivity index (χ1v) is 5.29. The first-order chi connectivity index (χ1) is 8.13. The van der Waals surface area contributed by atoms with Gasteiger partial charge in [0.2, 0.25) is 0 Å². The van der Waals surface area contributed by atoms with Crippen molar-refractivity contribution in [1.29, 1.82) is 0 Å². The summed E-state index contributed by atoms with van der Waals surface area (Å²) in [7, 11) is 1.23. The molecule has 1 aliphatic rings. The Morgan fingerprint density at radius 2 is 2.24 bits per heavy atom. The maximum Gasteiger partial charge on any atom is 0.316 e. The van der Waals surface area contributed by atoms with E-state index in [4.69, 9.17) is 4.42 Å². The van der Waals surface area contributed by atoms with E-state index in [-0.39, 0.29) is 18.6 Å². The van der Waals surface area contributed by atoms with Gasteiger partial charge in [-0.2, -0.15) is 0 Å². The zero-order chi connectivity index (χ0) is 12.4. The number of ketones is 2. The second-order valence-corrected chi connectivity index (χ2v) is 4.01. The highest BCUT2D eigenvalue weighted by Gasteiger charge is 2.43. The van der Waals surface area contributed by atoms with Crippen molar-refractivity contribution in [2.24, 2.45) is 5.92 Å². The van der Waals surface area contributed by atoms with Crippen LogP contribution in [0.25, 0.3) is 0 Å². The number of esters is 1. The van der Waals surface area contributed by atoms with Crippen molar-refractivity contribution in [2.75, 3.05) is 7.11 Å². The molecule has 0 radical (unpaired) electrons. The minimum absolute atomic E-state index is 0.138. The Labute approximate surface area is 97.7 Å². The number of hydrogen-bond donors (Lipinski definition) is 0. The summed E-state index contributed by atoms with van der Waals surface area (Å²) in [5, 5.41) is 0. The molecule has 5 nitrogen and oxygen atoms in total. The minimum atomic E-state index is -0.927. The third-order valence-corrected chi connectivity index (χ3v) is 2.93. The molecular formula is C12H12O5. The van der Waals surface area contributed by atoms with Crippen LogP contribution in [-0.4, -0.2) is 24.6 Å². The highest BCUT2D eigenvalue weighted by atomic mass is 16.5. The standard InChI is InChI=1S/C12H12O5/c1-16-12(15)11-8(10-3-2-4-17-10)5-7(13)6-9(11)14/h2-4,8,11H,5-6H2,1H3/t8-,11+/m1/s1. The summed E-state index contributed by atoms with van der Waals surface area (Å²) < 4.78 is 9.79. The zero-order valence-corrected chi connectivity index (χ0v) is 9.34. The van der Waals surface area contributed by atoms with Crippen LogP contribution < -0.4 is 0 Å². The molecule has 1 aromatic rings. The lowest BCUT2D eigenvalue weighted by molar-refractivity contribution is -0.152. The van der Waals surface area contributed by atoms with Gasteiger partial charge >= 0.3 is 5.97 Å². The van der Waals surface area contributed by atoms with Crippen LogP contribution in [0.5, 0.6) is 0 Å². The van der Waals surface area contributed by atoms with Gasteiger partial charge in [0.1, 0.15) is 17.5 Å². The summed E-state index contributed by atoms with van der Waals surface area (Å²) in [4.78, 5) is 34.8. The van der Waals surface area contributed by atoms with Crippen LogP contribution in [0, 0.1) is 5.92 Å². The fourth-order valence-corrected chi connectivity index (χ4v) is 2.15. The topological polar surface area (TPSA) is 73.6 Å². The Balaban J connectivity index is 2.34. The molecule has 1 aromatic heterocycles. The van der Waals surface area contributed by atoms with Crippen LogP contribution in [0.3, 0.4) is 0 Å². The molecular weight excluding hydrogens is 224 g/mol. The van der Waals surface area contributed by atoms with E-state index in [1.165, 1.54) is 13.4 Å². The molecule has 1 heterocycles. The van der Waals surface area contributed by atoms with Crippen LogP contribution in [0.2, 0.25) is 0 Å². The Kier molecular flexibility index (Phi) is 3.08. The monoisotopic (exact) mass is 236 g/mol. The van der Waals surface area contributed by atoms with Crippen LogP contribution in [0.15, 0.2) is 22.8 Å². The molecule has 90 valence electrons. The van der Waals surface area contributed by atoms with E-state index in [1.807, 2.05) is 0 Å². The summed E-state index contributed by atoms with van der Waals surface area (Å²) in [5.74, 6) is -2.16. The van der Waals surface area contributed by atoms with Crippen LogP contribution >= 0.6 is 0 Å². The molecule has 0 aliphatic heterocycles. The molecule has 1 aliphatic carbocycles. The van der Waals surface area contributed by atoms with E-state index in [2.05, 4.69) is 4.74 Å². The molecule has 1 fully saturated rings. The molecule has 0 bridgehead atoms. The lowest BCUT2D eigenvalue weighted by atomic mass is 9.76. The Hall–Kier alpha value is -1.91. The first-order valence-electron chi connectivity index (χ1n) is 5.29. The first kappa shape index (κ1) is 11.6. The Morgan fingerprint density at radius 3 is 2.82 bits per heavy atom. The summed E-state index contributed by atoms with van der Waals surface area (Å²) in [6, 6.07) is 3.32. The molecule has 2 atom stereocenters. The van der Waals surface area contributed by atoms with Gasteiger partial charge in [-0.15, -0.1) is 0 Å². The van der Waals surface area contributed by atoms with E-state index < -0.39 is 23.6 Å². The summed E-state index contributed by atoms with van der Waals surface area (Å²) in [5.41, 5.74) is 0. The van der Waals surface area contributed by atoms with Crippen LogP contribution in [0.4, 0.5) is 0 Å². The van der Waals surface area contributed by atoms with E-state index in [0.717, 1.165) is 0 Å². The predicted octanol–water partition coefficient (Wildman–Crippen LogP) is 1.08. The minimum Gasteiger partial charge on any atom is -0.469 e. The summed E-state index contributed by atoms with van der Waals surface area (Å²) >= 11 is 0. The molecule has 0 unspecified atom stereocenters. The number of rotatable bonds is 2. The molecule has 17 heavy (non-hydrogen) atoms. The van der Waals surface area contributed by atoms with Gasteiger partial charge in [-0.1, -0.05) is 0 Å². The van der Waals surface area contributed by atoms with Crippen molar-refractivity contribution in [3.05, 3.63) is 24.2 Å². The average molecular weight is 236 g/mol. The van der Waals surface area contributed by atoms with Gasteiger partial charge in [0.15, 0.2) is 5.78 Å². The molecule has 0 aromatic carbocycles. The molecule has 0 amide bonds. The molecule has 2 rings (SSSR count). The number of Topliss-reactive ketones (excluding diaryl/α,β-unsaturated/α-hetero) is 2. The number of carbonyl (C=O) groups is 3. The highest BCUT2D eigenvalue weighted by molar-refractivity contribution is 6.11. The zero-order valence-electron chi connectivity index (χ0n) is 9.34. The van der Waals surface area contributed by atoms with Crippen molar-refractivity contribution >= 4 is 17.5 Å². The number of carbonyl (C=O) groups excluding carboxylic acids is 3. The van der Waals surface area contributed by atoms with Gasteiger partial charge in [0.05, 0.1) is 19.8 Å². The maximum atomic E-state index is 11.7. The maximum absolute atomic E-state index is 11.7. The third-order valence-electron chi connectivity index (χ3n) is 2.93. The molecule has 0 spiro atoms. The Bertz CT molecular complexity index is 445. The smallest absolute Gasteiger partial charge is 0.316 e. The largest absolute Gasteiger partial charge is 0.469 e. The molecule has 1 saturated carbocycles. The molecule has 5 heteroatoms. The van der Waals surface area contributed by atoms with Gasteiger partial charge in [-0.3, -0.25) is 14.4 Å². The van der Waals surface area contributed by atoms with Crippen molar-refractivity contribution < 1.29 is 23.5 Å². The van der Waals surface area contributed by atoms with E-state index >= 15 is 0 Å². The van der Waals surface area contributed by atoms with Gasteiger partial charge in [0.25, 0.3) is 0 Å². The number of ether oxygens (including phenoxy) is 1. The number of methoxy groups -OCH3 is 1. The fraction of sp³-hybridized carbons (Fsp3) is 0.417. The van der Waals surface area contributed by atoms with Gasteiger partial charge in [-0.25, -0.2) is 0 Å². The van der Waals surface area contributed by atoms with Crippen molar-refractivity contribution in [3.8, 4) is 0 Å². The lowest BCUT2D eigenvalue weighted by Gasteiger charge is -2.25. The lowest BCUT2D eigenvalue weighted by Crippen LogP contribution is -2.37. The Morgan fingerprint density at radius 1 is 1.47 bits per heavy atom. The van der Waals surface area contributed by atoms with Crippen molar-refractivity contribution in [2.45, 2.75) is 18.8 Å². The van der Waals surface area contributed by atoms with E-state index in [9.17, 15) is 14.4 Å².